The first kappa shape index (κ1) is 22.6. The summed E-state index contributed by atoms with van der Waals surface area (Å²) in [5.41, 5.74) is 5.65. The molecule has 164 valence electrons. The summed E-state index contributed by atoms with van der Waals surface area (Å²) in [6, 6.07) is 35.3. The molecule has 0 radical (unpaired) electrons. The van der Waals surface area contributed by atoms with Crippen molar-refractivity contribution in [1.82, 2.24) is 0 Å². The molecule has 0 saturated carbocycles. The summed E-state index contributed by atoms with van der Waals surface area (Å²) in [6.45, 7) is 6.30. The van der Waals surface area contributed by atoms with Crippen molar-refractivity contribution in [1.29, 1.82) is 0 Å². The highest BCUT2D eigenvalue weighted by Crippen LogP contribution is 2.46. The van der Waals surface area contributed by atoms with Gasteiger partial charge in [-0.05, 0) is 41.1 Å². The lowest BCUT2D eigenvalue weighted by Crippen LogP contribution is -2.01. The zero-order valence-electron chi connectivity index (χ0n) is 18.8. The van der Waals surface area contributed by atoms with Crippen LogP contribution in [0.1, 0.15) is 32.6 Å². The quantitative estimate of drug-likeness (QED) is 0.205. The second-order valence-electron chi connectivity index (χ2n) is 8.31. The van der Waals surface area contributed by atoms with Crippen LogP contribution in [0.2, 0.25) is 0 Å². The Labute approximate surface area is 196 Å². The second-order valence-corrected chi connectivity index (χ2v) is 11.4. The summed E-state index contributed by atoms with van der Waals surface area (Å²) < 4.78 is 6.30. The van der Waals surface area contributed by atoms with Gasteiger partial charge in [0.2, 0.25) is 0 Å². The molecule has 3 heteroatoms. The monoisotopic (exact) mass is 450 g/mol. The molecule has 0 aliphatic rings. The zero-order valence-corrected chi connectivity index (χ0v) is 19.7. The number of benzene rings is 4. The molecule has 0 heterocycles. The Morgan fingerprint density at radius 1 is 0.697 bits per heavy atom. The molecule has 1 unspecified atom stereocenters. The van der Waals surface area contributed by atoms with Crippen LogP contribution in [0, 0.1) is 0 Å². The third-order valence-corrected chi connectivity index (χ3v) is 7.11. The van der Waals surface area contributed by atoms with E-state index < -0.39 is 7.11 Å². The summed E-state index contributed by atoms with van der Waals surface area (Å²) in [7, 11) is -1.94. The van der Waals surface area contributed by atoms with Crippen LogP contribution in [0.3, 0.4) is 0 Å². The van der Waals surface area contributed by atoms with Crippen LogP contribution in [0.4, 0.5) is 0 Å². The molecule has 0 fully saturated rings. The maximum atomic E-state index is 12.6. The van der Waals surface area contributed by atoms with E-state index in [2.05, 4.69) is 31.7 Å². The molecule has 4 aromatic carbocycles. The SMILES string of the molecule is C=C(c1ccccc1)c1ccc(OP(=C)(C)Cc2ccc(C(=O)c3ccccc3)cc2)cc1. The summed E-state index contributed by atoms with van der Waals surface area (Å²) in [5.74, 6) is 0.837. The Morgan fingerprint density at radius 3 is 1.73 bits per heavy atom. The van der Waals surface area contributed by atoms with Crippen LogP contribution in [-0.4, -0.2) is 18.7 Å². The number of hydrogen-bond donors (Lipinski definition) is 0. The Balaban J connectivity index is 1.40. The van der Waals surface area contributed by atoms with Crippen LogP contribution in [0.15, 0.2) is 116 Å². The summed E-state index contributed by atoms with van der Waals surface area (Å²) in [6.07, 6.45) is 5.10. The molecule has 0 aliphatic heterocycles. The van der Waals surface area contributed by atoms with Gasteiger partial charge in [0.15, 0.2) is 5.78 Å². The first-order chi connectivity index (χ1) is 15.9. The highest BCUT2D eigenvalue weighted by Gasteiger charge is 2.13. The van der Waals surface area contributed by atoms with Crippen molar-refractivity contribution in [2.75, 3.05) is 6.66 Å². The molecule has 0 amide bonds. The molecule has 0 aromatic heterocycles. The molecule has 2 nitrogen and oxygen atoms in total. The van der Waals surface area contributed by atoms with Gasteiger partial charge in [-0.25, -0.2) is 0 Å². The van der Waals surface area contributed by atoms with E-state index in [0.29, 0.717) is 11.1 Å². The third-order valence-electron chi connectivity index (χ3n) is 5.42. The fraction of sp³-hybridized carbons (Fsp3) is 0.0667. The van der Waals surface area contributed by atoms with Gasteiger partial charge in [-0.2, -0.15) is 0 Å². The van der Waals surface area contributed by atoms with E-state index in [1.54, 1.807) is 0 Å². The topological polar surface area (TPSA) is 26.3 Å². The third kappa shape index (κ3) is 5.80. The van der Waals surface area contributed by atoms with Crippen LogP contribution in [-0.2, 0) is 6.16 Å². The smallest absolute Gasteiger partial charge is 0.193 e. The number of hydrogen-bond acceptors (Lipinski definition) is 2. The average molecular weight is 451 g/mol. The first-order valence-electron chi connectivity index (χ1n) is 10.8. The lowest BCUT2D eigenvalue weighted by Gasteiger charge is -2.22. The van der Waals surface area contributed by atoms with E-state index in [4.69, 9.17) is 4.52 Å². The molecule has 0 saturated heterocycles. The predicted octanol–water partition coefficient (Wildman–Crippen LogP) is 7.55. The van der Waals surface area contributed by atoms with Crippen molar-refractivity contribution in [3.8, 4) is 5.75 Å². The fourth-order valence-corrected chi connectivity index (χ4v) is 5.39. The minimum Gasteiger partial charge on any atom is -0.478 e. The van der Waals surface area contributed by atoms with E-state index in [9.17, 15) is 4.79 Å². The van der Waals surface area contributed by atoms with Crippen molar-refractivity contribution in [3.63, 3.8) is 0 Å². The lowest BCUT2D eigenvalue weighted by atomic mass is 10.00. The number of ketones is 1. The van der Waals surface area contributed by atoms with Gasteiger partial charge in [-0.1, -0.05) is 110 Å². The Kier molecular flexibility index (Phi) is 6.77. The van der Waals surface area contributed by atoms with E-state index in [1.165, 1.54) is 0 Å². The number of carbonyl (C=O) groups excluding carboxylic acids is 1. The Morgan fingerprint density at radius 2 is 1.15 bits per heavy atom. The van der Waals surface area contributed by atoms with Crippen molar-refractivity contribution in [3.05, 3.63) is 144 Å². The average Bonchev–Trinajstić information content (AvgIpc) is 2.85. The van der Waals surface area contributed by atoms with Gasteiger partial charge in [0.05, 0.1) is 7.11 Å². The normalized spacial score (nSPS) is 12.5. The molecule has 0 bridgehead atoms. The zero-order chi connectivity index (χ0) is 23.3. The molecule has 1 atom stereocenters. The van der Waals surface area contributed by atoms with Gasteiger partial charge in [0, 0.05) is 17.3 Å². The van der Waals surface area contributed by atoms with Gasteiger partial charge >= 0.3 is 0 Å². The van der Waals surface area contributed by atoms with E-state index in [0.717, 1.165) is 34.2 Å². The van der Waals surface area contributed by atoms with Crippen LogP contribution >= 0.6 is 7.11 Å². The number of rotatable bonds is 8. The molecule has 4 aromatic rings. The highest BCUT2D eigenvalue weighted by atomic mass is 31.2. The minimum atomic E-state index is -1.94. The van der Waals surface area contributed by atoms with Crippen molar-refractivity contribution in [2.45, 2.75) is 6.16 Å². The van der Waals surface area contributed by atoms with Gasteiger partial charge in [0.1, 0.15) is 5.75 Å². The second kappa shape index (κ2) is 9.90. The van der Waals surface area contributed by atoms with Gasteiger partial charge in [-0.3, -0.25) is 4.79 Å². The van der Waals surface area contributed by atoms with E-state index in [-0.39, 0.29) is 5.78 Å². The molecule has 33 heavy (non-hydrogen) atoms. The molecular weight excluding hydrogens is 423 g/mol. The molecule has 0 aliphatic carbocycles. The van der Waals surface area contributed by atoms with E-state index in [1.807, 2.05) is 97.1 Å². The van der Waals surface area contributed by atoms with Gasteiger partial charge in [0.25, 0.3) is 0 Å². The van der Waals surface area contributed by atoms with E-state index >= 15 is 0 Å². The molecule has 4 rings (SSSR count). The minimum absolute atomic E-state index is 0.0303. The summed E-state index contributed by atoms with van der Waals surface area (Å²) >= 11 is 0. The number of carbonyl (C=O) groups is 1. The fourth-order valence-electron chi connectivity index (χ4n) is 3.71. The standard InChI is InChI=1S/C30H27O2P/c1-23(25-10-6-4-7-11-25)26-18-20-29(21-19-26)32-33(2,3)22-24-14-16-28(17-15-24)30(31)27-12-8-5-9-13-27/h4-21H,1-2,22H2,3H3. The summed E-state index contributed by atoms with van der Waals surface area (Å²) in [4.78, 5) is 12.6. The van der Waals surface area contributed by atoms with Crippen LogP contribution < -0.4 is 4.52 Å². The summed E-state index contributed by atoms with van der Waals surface area (Å²) in [5, 5.41) is 0. The maximum Gasteiger partial charge on any atom is 0.193 e. The predicted molar refractivity (Wildman–Crippen MR) is 142 cm³/mol. The van der Waals surface area contributed by atoms with Gasteiger partial charge < -0.3 is 4.52 Å². The Bertz CT molecular complexity index is 1190. The van der Waals surface area contributed by atoms with Crippen molar-refractivity contribution < 1.29 is 9.32 Å². The molecule has 0 spiro atoms. The van der Waals surface area contributed by atoms with Crippen molar-refractivity contribution in [2.24, 2.45) is 0 Å². The molecular formula is C30H27O2P. The van der Waals surface area contributed by atoms with Crippen LogP contribution in [0.25, 0.3) is 5.57 Å². The van der Waals surface area contributed by atoms with Gasteiger partial charge in [-0.15, -0.1) is 0 Å². The largest absolute Gasteiger partial charge is 0.478 e. The first-order valence-corrected chi connectivity index (χ1v) is 13.4. The Hall–Kier alpha value is -3.61. The molecule has 0 N–H and O–H groups in total. The highest BCUT2D eigenvalue weighted by molar-refractivity contribution is 7.68. The van der Waals surface area contributed by atoms with Crippen LogP contribution in [0.5, 0.6) is 5.75 Å². The lowest BCUT2D eigenvalue weighted by molar-refractivity contribution is 0.103. The van der Waals surface area contributed by atoms with Crippen molar-refractivity contribution >= 4 is 24.8 Å². The maximum absolute atomic E-state index is 12.6.